The number of aromatic nitrogens is 1. The fourth-order valence-corrected chi connectivity index (χ4v) is 5.68. The van der Waals surface area contributed by atoms with Gasteiger partial charge in [-0.25, -0.2) is 9.78 Å². The topological polar surface area (TPSA) is 104 Å². The lowest BCUT2D eigenvalue weighted by molar-refractivity contribution is -0.111. The average Bonchev–Trinajstić information content (AvgIpc) is 3.51. The van der Waals surface area contributed by atoms with Crippen molar-refractivity contribution in [3.8, 4) is 6.07 Å². The van der Waals surface area contributed by atoms with Crippen LogP contribution in [0.15, 0.2) is 35.2 Å². The maximum absolute atomic E-state index is 12.3. The van der Waals surface area contributed by atoms with Gasteiger partial charge in [0.2, 0.25) is 5.91 Å². The fourth-order valence-electron chi connectivity index (χ4n) is 3.24. The zero-order valence-corrected chi connectivity index (χ0v) is 18.7. The van der Waals surface area contributed by atoms with Crippen LogP contribution in [0.25, 0.3) is 6.08 Å². The van der Waals surface area contributed by atoms with Gasteiger partial charge in [0.25, 0.3) is 0 Å². The molecule has 7 nitrogen and oxygen atoms in total. The van der Waals surface area contributed by atoms with E-state index in [1.54, 1.807) is 23.6 Å². The van der Waals surface area contributed by atoms with Crippen molar-refractivity contribution in [2.75, 3.05) is 5.32 Å². The van der Waals surface area contributed by atoms with E-state index in [-0.39, 0.29) is 12.0 Å². The zero-order valence-electron chi connectivity index (χ0n) is 16.3. The molecule has 3 aromatic heterocycles. The second kappa shape index (κ2) is 9.87. The van der Waals surface area contributed by atoms with E-state index in [1.807, 2.05) is 22.9 Å². The number of anilines is 1. The Kier molecular flexibility index (Phi) is 6.76. The van der Waals surface area contributed by atoms with Crippen molar-refractivity contribution >= 4 is 57.1 Å². The smallest absolute Gasteiger partial charge is 0.407 e. The van der Waals surface area contributed by atoms with Gasteiger partial charge < -0.3 is 15.4 Å². The van der Waals surface area contributed by atoms with Crippen molar-refractivity contribution < 1.29 is 14.3 Å². The molecular weight excluding hydrogens is 452 g/mol. The molecule has 3 heterocycles. The number of hydrogen-bond donors (Lipinski definition) is 2. The van der Waals surface area contributed by atoms with Crippen LogP contribution in [0, 0.1) is 11.3 Å². The number of amides is 2. The quantitative estimate of drug-likeness (QED) is 0.514. The van der Waals surface area contributed by atoms with E-state index in [4.69, 9.17) is 4.74 Å². The predicted molar refractivity (Wildman–Crippen MR) is 122 cm³/mol. The number of fused-ring (bicyclic) bond motifs is 1. The first-order valence-electron chi connectivity index (χ1n) is 9.52. The van der Waals surface area contributed by atoms with Gasteiger partial charge in [0.05, 0.1) is 12.1 Å². The molecule has 1 aliphatic rings. The fraction of sp³-hybridized carbons (Fsp3) is 0.238. The molecule has 1 aliphatic carbocycles. The average molecular weight is 471 g/mol. The van der Waals surface area contributed by atoms with E-state index in [0.717, 1.165) is 20.3 Å². The molecule has 4 rings (SSSR count). The van der Waals surface area contributed by atoms with Gasteiger partial charge in [0.1, 0.15) is 22.2 Å². The standard InChI is InChI=1S/C21H18N4O3S3/c22-11-16-15-5-3-13(28-21(27)24-12-19-23-7-9-30-19)10-17(15)31-20(16)25-18(26)6-4-14-2-1-8-29-14/h1-2,4,6-9,13H,3,5,10,12H2,(H,24,27)(H,25,26)/b6-4+. The maximum Gasteiger partial charge on any atom is 0.407 e. The Hall–Kier alpha value is -3.00. The van der Waals surface area contributed by atoms with Gasteiger partial charge in [0, 0.05) is 33.8 Å². The Morgan fingerprint density at radius 1 is 1.35 bits per heavy atom. The molecule has 3 aromatic rings. The Bertz CT molecular complexity index is 1130. The van der Waals surface area contributed by atoms with Crippen LogP contribution < -0.4 is 10.6 Å². The minimum absolute atomic E-state index is 0.267. The maximum atomic E-state index is 12.3. The van der Waals surface area contributed by atoms with Crippen molar-refractivity contribution in [3.63, 3.8) is 0 Å². The second-order valence-corrected chi connectivity index (χ2v) is 9.77. The molecule has 0 fully saturated rings. The zero-order chi connectivity index (χ0) is 21.6. The third kappa shape index (κ3) is 5.38. The van der Waals surface area contributed by atoms with E-state index in [9.17, 15) is 14.9 Å². The summed E-state index contributed by atoms with van der Waals surface area (Å²) >= 11 is 4.38. The van der Waals surface area contributed by atoms with Crippen LogP contribution in [0.3, 0.4) is 0 Å². The van der Waals surface area contributed by atoms with Crippen LogP contribution in [0.5, 0.6) is 0 Å². The first-order chi connectivity index (χ1) is 15.1. The largest absolute Gasteiger partial charge is 0.446 e. The van der Waals surface area contributed by atoms with E-state index >= 15 is 0 Å². The minimum Gasteiger partial charge on any atom is -0.446 e. The molecular formula is C21H18N4O3S3. The molecule has 0 aliphatic heterocycles. The number of thiophene rings is 2. The molecule has 0 aromatic carbocycles. The summed E-state index contributed by atoms with van der Waals surface area (Å²) in [4.78, 5) is 30.5. The van der Waals surface area contributed by atoms with Crippen LogP contribution in [-0.4, -0.2) is 23.1 Å². The van der Waals surface area contributed by atoms with E-state index in [0.29, 0.717) is 36.4 Å². The van der Waals surface area contributed by atoms with Crippen LogP contribution >= 0.6 is 34.0 Å². The molecule has 31 heavy (non-hydrogen) atoms. The van der Waals surface area contributed by atoms with E-state index in [1.165, 1.54) is 28.7 Å². The summed E-state index contributed by atoms with van der Waals surface area (Å²) in [6, 6.07) is 6.06. The molecule has 1 atom stereocenters. The molecule has 0 radical (unpaired) electrons. The van der Waals surface area contributed by atoms with Crippen molar-refractivity contribution in [2.24, 2.45) is 0 Å². The van der Waals surface area contributed by atoms with E-state index in [2.05, 4.69) is 21.7 Å². The Morgan fingerprint density at radius 3 is 3.00 bits per heavy atom. The predicted octanol–water partition coefficient (Wildman–Crippen LogP) is 4.57. The Balaban J connectivity index is 1.37. The molecule has 158 valence electrons. The summed E-state index contributed by atoms with van der Waals surface area (Å²) in [5, 5.41) is 20.3. The van der Waals surface area contributed by atoms with Gasteiger partial charge in [-0.1, -0.05) is 6.07 Å². The highest BCUT2D eigenvalue weighted by Gasteiger charge is 2.28. The number of rotatable bonds is 6. The molecule has 0 bridgehead atoms. The molecule has 0 saturated carbocycles. The number of nitrogens with zero attached hydrogens (tertiary/aromatic N) is 2. The summed E-state index contributed by atoms with van der Waals surface area (Å²) < 4.78 is 5.54. The van der Waals surface area contributed by atoms with Gasteiger partial charge in [-0.3, -0.25) is 4.79 Å². The van der Waals surface area contributed by atoms with Crippen LogP contribution in [0.1, 0.15) is 32.3 Å². The summed E-state index contributed by atoms with van der Waals surface area (Å²) in [6.45, 7) is 0.335. The van der Waals surface area contributed by atoms with Gasteiger partial charge >= 0.3 is 6.09 Å². The molecule has 0 spiro atoms. The number of carbonyl (C=O) groups excluding carboxylic acids is 2. The van der Waals surface area contributed by atoms with Crippen molar-refractivity contribution in [1.29, 1.82) is 5.26 Å². The molecule has 1 unspecified atom stereocenters. The number of ether oxygens (including phenoxy) is 1. The van der Waals surface area contributed by atoms with Crippen LogP contribution in [-0.2, 0) is 28.9 Å². The SMILES string of the molecule is N#Cc1c(NC(=O)/C=C/c2cccs2)sc2c1CCC(OC(=O)NCc1nccs1)C2. The van der Waals surface area contributed by atoms with E-state index < -0.39 is 6.09 Å². The van der Waals surface area contributed by atoms with Gasteiger partial charge in [-0.2, -0.15) is 5.26 Å². The Morgan fingerprint density at radius 2 is 2.26 bits per heavy atom. The molecule has 10 heteroatoms. The number of hydrogen-bond acceptors (Lipinski definition) is 8. The van der Waals surface area contributed by atoms with Crippen molar-refractivity contribution in [1.82, 2.24) is 10.3 Å². The summed E-state index contributed by atoms with van der Waals surface area (Å²) in [6.07, 6.45) is 5.94. The summed E-state index contributed by atoms with van der Waals surface area (Å²) in [7, 11) is 0. The minimum atomic E-state index is -0.479. The lowest BCUT2D eigenvalue weighted by Gasteiger charge is -2.22. The summed E-state index contributed by atoms with van der Waals surface area (Å²) in [5.74, 6) is -0.280. The lowest BCUT2D eigenvalue weighted by atomic mass is 9.94. The molecule has 2 N–H and O–H groups in total. The first kappa shape index (κ1) is 21.2. The highest BCUT2D eigenvalue weighted by Crippen LogP contribution is 2.38. The Labute approximate surface area is 191 Å². The highest BCUT2D eigenvalue weighted by molar-refractivity contribution is 7.16. The van der Waals surface area contributed by atoms with Gasteiger partial charge in [0.15, 0.2) is 0 Å². The monoisotopic (exact) mass is 470 g/mol. The number of thiazole rings is 1. The van der Waals surface area contributed by atoms with Gasteiger partial charge in [-0.05, 0) is 35.9 Å². The van der Waals surface area contributed by atoms with Crippen LogP contribution in [0.2, 0.25) is 0 Å². The third-order valence-electron chi connectivity index (χ3n) is 4.65. The summed E-state index contributed by atoms with van der Waals surface area (Å²) in [5.41, 5.74) is 1.44. The lowest BCUT2D eigenvalue weighted by Crippen LogP contribution is -2.31. The molecule has 2 amide bonds. The van der Waals surface area contributed by atoms with Crippen molar-refractivity contribution in [2.45, 2.75) is 31.9 Å². The number of carbonyl (C=O) groups is 2. The van der Waals surface area contributed by atoms with Gasteiger partial charge in [-0.15, -0.1) is 34.0 Å². The number of nitrogens with one attached hydrogen (secondary N) is 2. The third-order valence-corrected chi connectivity index (χ3v) is 7.44. The van der Waals surface area contributed by atoms with Crippen molar-refractivity contribution in [3.05, 3.63) is 61.1 Å². The highest BCUT2D eigenvalue weighted by atomic mass is 32.1. The van der Waals surface area contributed by atoms with Crippen LogP contribution in [0.4, 0.5) is 9.80 Å². The normalized spacial score (nSPS) is 15.3. The number of nitriles is 1. The second-order valence-electron chi connectivity index (χ2n) is 6.71. The first-order valence-corrected chi connectivity index (χ1v) is 12.1. The molecule has 0 saturated heterocycles. The number of alkyl carbamates (subject to hydrolysis) is 1.